The topological polar surface area (TPSA) is 29.5 Å². The van der Waals surface area contributed by atoms with Gasteiger partial charge in [0.05, 0.1) is 12.7 Å². The second-order valence-electron chi connectivity index (χ2n) is 4.18. The van der Waals surface area contributed by atoms with Gasteiger partial charge in [0.1, 0.15) is 5.75 Å². The summed E-state index contributed by atoms with van der Waals surface area (Å²) in [7, 11) is 0. The van der Waals surface area contributed by atoms with E-state index in [9.17, 15) is 5.11 Å². The minimum Gasteiger partial charge on any atom is -0.493 e. The molecule has 1 aromatic rings. The van der Waals surface area contributed by atoms with Gasteiger partial charge in [-0.2, -0.15) is 0 Å². The van der Waals surface area contributed by atoms with Gasteiger partial charge in [0.15, 0.2) is 0 Å². The van der Waals surface area contributed by atoms with Crippen LogP contribution in [0.1, 0.15) is 24.8 Å². The van der Waals surface area contributed by atoms with Crippen molar-refractivity contribution in [1.29, 1.82) is 0 Å². The molecule has 80 valence electrons. The third kappa shape index (κ3) is 2.05. The summed E-state index contributed by atoms with van der Waals surface area (Å²) in [5.41, 5.74) is 2.12. The third-order valence-electron chi connectivity index (χ3n) is 2.76. The van der Waals surface area contributed by atoms with E-state index in [1.807, 2.05) is 31.2 Å². The second kappa shape index (κ2) is 4.07. The van der Waals surface area contributed by atoms with E-state index in [1.165, 1.54) is 0 Å². The summed E-state index contributed by atoms with van der Waals surface area (Å²) < 4.78 is 5.52. The number of fused-ring (bicyclic) bond motifs is 1. The van der Waals surface area contributed by atoms with Crippen LogP contribution in [0.3, 0.4) is 0 Å². The highest BCUT2D eigenvalue weighted by Crippen LogP contribution is 2.36. The van der Waals surface area contributed by atoms with Gasteiger partial charge in [-0.1, -0.05) is 23.8 Å². The monoisotopic (exact) mass is 204 g/mol. The first-order chi connectivity index (χ1) is 7.18. The number of hydrogen-bond donors (Lipinski definition) is 1. The van der Waals surface area contributed by atoms with Crippen molar-refractivity contribution in [2.24, 2.45) is 0 Å². The fourth-order valence-corrected chi connectivity index (χ4v) is 2.01. The Balaban J connectivity index is 2.16. The van der Waals surface area contributed by atoms with E-state index < -0.39 is 0 Å². The Morgan fingerprint density at radius 1 is 1.60 bits per heavy atom. The third-order valence-corrected chi connectivity index (χ3v) is 2.76. The van der Waals surface area contributed by atoms with Gasteiger partial charge in [0.25, 0.3) is 0 Å². The van der Waals surface area contributed by atoms with Gasteiger partial charge < -0.3 is 9.84 Å². The van der Waals surface area contributed by atoms with Crippen molar-refractivity contribution >= 4 is 0 Å². The van der Waals surface area contributed by atoms with Crippen molar-refractivity contribution in [1.82, 2.24) is 0 Å². The van der Waals surface area contributed by atoms with E-state index in [0.29, 0.717) is 13.0 Å². The summed E-state index contributed by atoms with van der Waals surface area (Å²) in [4.78, 5) is 0. The Hall–Kier alpha value is -1.28. The standard InChI is InChI=1S/C13H16O2/c1-9(2)7-12(14)11-8-15-13-6-4-3-5-10(11)13/h3-6,11-12,14H,1,7-8H2,2H3. The van der Waals surface area contributed by atoms with Gasteiger partial charge in [-0.05, 0) is 19.4 Å². The van der Waals surface area contributed by atoms with Crippen LogP contribution in [0.5, 0.6) is 5.75 Å². The first-order valence-electron chi connectivity index (χ1n) is 5.22. The van der Waals surface area contributed by atoms with Crippen LogP contribution in [-0.2, 0) is 0 Å². The maximum atomic E-state index is 10.0. The highest BCUT2D eigenvalue weighted by molar-refractivity contribution is 5.40. The Kier molecular flexibility index (Phi) is 2.78. The molecule has 1 N–H and O–H groups in total. The molecule has 0 saturated heterocycles. The number of para-hydroxylation sites is 1. The quantitative estimate of drug-likeness (QED) is 0.766. The average Bonchev–Trinajstić information content (AvgIpc) is 2.59. The van der Waals surface area contributed by atoms with E-state index in [2.05, 4.69) is 6.58 Å². The zero-order valence-corrected chi connectivity index (χ0v) is 8.94. The molecule has 2 unspecified atom stereocenters. The zero-order valence-electron chi connectivity index (χ0n) is 8.94. The Morgan fingerprint density at radius 2 is 2.33 bits per heavy atom. The molecule has 2 atom stereocenters. The van der Waals surface area contributed by atoms with Crippen LogP contribution >= 0.6 is 0 Å². The van der Waals surface area contributed by atoms with Gasteiger partial charge in [0.2, 0.25) is 0 Å². The van der Waals surface area contributed by atoms with Gasteiger partial charge in [-0.3, -0.25) is 0 Å². The smallest absolute Gasteiger partial charge is 0.123 e. The molecule has 0 aromatic heterocycles. The van der Waals surface area contributed by atoms with E-state index in [1.54, 1.807) is 0 Å². The first kappa shape index (κ1) is 10.2. The molecule has 0 saturated carbocycles. The molecular formula is C13H16O2. The van der Waals surface area contributed by atoms with Gasteiger partial charge in [0, 0.05) is 11.5 Å². The van der Waals surface area contributed by atoms with Crippen molar-refractivity contribution in [3.63, 3.8) is 0 Å². The van der Waals surface area contributed by atoms with Gasteiger partial charge in [-0.15, -0.1) is 6.58 Å². The van der Waals surface area contributed by atoms with E-state index >= 15 is 0 Å². The van der Waals surface area contributed by atoms with Crippen molar-refractivity contribution in [2.75, 3.05) is 6.61 Å². The predicted octanol–water partition coefficient (Wildman–Crippen LogP) is 2.49. The van der Waals surface area contributed by atoms with Gasteiger partial charge >= 0.3 is 0 Å². The second-order valence-corrected chi connectivity index (χ2v) is 4.18. The lowest BCUT2D eigenvalue weighted by atomic mass is 9.92. The molecule has 1 aliphatic rings. The summed E-state index contributed by atoms with van der Waals surface area (Å²) >= 11 is 0. The average molecular weight is 204 g/mol. The fourth-order valence-electron chi connectivity index (χ4n) is 2.01. The highest BCUT2D eigenvalue weighted by Gasteiger charge is 2.29. The Labute approximate surface area is 90.2 Å². The number of ether oxygens (including phenoxy) is 1. The molecule has 0 amide bonds. The Morgan fingerprint density at radius 3 is 3.07 bits per heavy atom. The summed E-state index contributed by atoms with van der Waals surface area (Å²) in [5.74, 6) is 1.00. The molecule has 0 fully saturated rings. The molecule has 2 heteroatoms. The lowest BCUT2D eigenvalue weighted by Gasteiger charge is -2.16. The van der Waals surface area contributed by atoms with Crippen LogP contribution in [0.25, 0.3) is 0 Å². The number of benzene rings is 1. The predicted molar refractivity (Wildman–Crippen MR) is 60.1 cm³/mol. The zero-order chi connectivity index (χ0) is 10.8. The fraction of sp³-hybridized carbons (Fsp3) is 0.385. The summed E-state index contributed by atoms with van der Waals surface area (Å²) in [6.45, 7) is 6.33. The van der Waals surface area contributed by atoms with Crippen molar-refractivity contribution in [3.8, 4) is 5.75 Å². The van der Waals surface area contributed by atoms with Crippen LogP contribution < -0.4 is 4.74 Å². The van der Waals surface area contributed by atoms with Crippen molar-refractivity contribution < 1.29 is 9.84 Å². The molecule has 1 aromatic carbocycles. The lowest BCUT2D eigenvalue weighted by Crippen LogP contribution is -2.19. The van der Waals surface area contributed by atoms with Crippen LogP contribution in [-0.4, -0.2) is 17.8 Å². The van der Waals surface area contributed by atoms with Crippen LogP contribution in [0.15, 0.2) is 36.4 Å². The number of rotatable bonds is 3. The summed E-state index contributed by atoms with van der Waals surface area (Å²) in [6.07, 6.45) is 0.258. The van der Waals surface area contributed by atoms with Crippen molar-refractivity contribution in [3.05, 3.63) is 42.0 Å². The molecule has 0 radical (unpaired) electrons. The number of aliphatic hydroxyl groups excluding tert-OH is 1. The molecule has 2 rings (SSSR count). The molecular weight excluding hydrogens is 188 g/mol. The first-order valence-corrected chi connectivity index (χ1v) is 5.22. The normalized spacial score (nSPS) is 20.5. The summed E-state index contributed by atoms with van der Waals surface area (Å²) in [5, 5.41) is 10.0. The summed E-state index contributed by atoms with van der Waals surface area (Å²) in [6, 6.07) is 7.90. The Bertz CT molecular complexity index is 371. The maximum Gasteiger partial charge on any atom is 0.123 e. The lowest BCUT2D eigenvalue weighted by molar-refractivity contribution is 0.129. The SMILES string of the molecule is C=C(C)CC(O)C1COc2ccccc21. The van der Waals surface area contributed by atoms with E-state index in [0.717, 1.165) is 16.9 Å². The maximum absolute atomic E-state index is 10.0. The van der Waals surface area contributed by atoms with Crippen LogP contribution in [0.2, 0.25) is 0 Å². The molecule has 15 heavy (non-hydrogen) atoms. The minimum absolute atomic E-state index is 0.0953. The van der Waals surface area contributed by atoms with Crippen LogP contribution in [0.4, 0.5) is 0 Å². The molecule has 2 nitrogen and oxygen atoms in total. The number of aliphatic hydroxyl groups is 1. The minimum atomic E-state index is -0.383. The molecule has 1 aliphatic heterocycles. The van der Waals surface area contributed by atoms with Gasteiger partial charge in [-0.25, -0.2) is 0 Å². The molecule has 0 spiro atoms. The highest BCUT2D eigenvalue weighted by atomic mass is 16.5. The largest absolute Gasteiger partial charge is 0.493 e. The molecule has 1 heterocycles. The van der Waals surface area contributed by atoms with Crippen LogP contribution in [0, 0.1) is 0 Å². The van der Waals surface area contributed by atoms with Crippen molar-refractivity contribution in [2.45, 2.75) is 25.4 Å². The van der Waals surface area contributed by atoms with E-state index in [-0.39, 0.29) is 12.0 Å². The van der Waals surface area contributed by atoms with E-state index in [4.69, 9.17) is 4.74 Å². The molecule has 0 aliphatic carbocycles. The number of hydrogen-bond acceptors (Lipinski definition) is 2. The molecule has 0 bridgehead atoms.